The number of nitrogens with zero attached hydrogens (tertiary/aromatic N) is 3. The minimum atomic E-state index is -0.0799. The minimum absolute atomic E-state index is 0.0799. The minimum Gasteiger partial charge on any atom is -0.268 e. The van der Waals surface area contributed by atoms with Gasteiger partial charge in [0.1, 0.15) is 0 Å². The van der Waals surface area contributed by atoms with Crippen LogP contribution in [0.5, 0.6) is 0 Å². The zero-order valence-corrected chi connectivity index (χ0v) is 7.79. The van der Waals surface area contributed by atoms with Crippen LogP contribution >= 0.6 is 0 Å². The van der Waals surface area contributed by atoms with Gasteiger partial charge in [-0.1, -0.05) is 12.1 Å². The summed E-state index contributed by atoms with van der Waals surface area (Å²) in [5, 5.41) is 0.614. The fraction of sp³-hybridized carbons (Fsp3) is 0. The number of para-hydroxylation sites is 1. The number of hydrogen-bond acceptors (Lipinski definition) is 3. The molecule has 15 heavy (non-hydrogen) atoms. The molecule has 4 heteroatoms. The maximum absolute atomic E-state index is 12.0. The summed E-state index contributed by atoms with van der Waals surface area (Å²) in [4.78, 5) is 20.3. The van der Waals surface area contributed by atoms with Gasteiger partial charge in [0.25, 0.3) is 5.56 Å². The molecule has 0 bridgehead atoms. The smallest absolute Gasteiger partial charge is 0.266 e. The van der Waals surface area contributed by atoms with E-state index in [1.807, 2.05) is 18.2 Å². The Morgan fingerprint density at radius 1 is 1.13 bits per heavy atom. The van der Waals surface area contributed by atoms with Crippen molar-refractivity contribution in [1.29, 1.82) is 0 Å². The first-order valence-corrected chi connectivity index (χ1v) is 4.58. The molecule has 0 saturated carbocycles. The van der Waals surface area contributed by atoms with Gasteiger partial charge in [0, 0.05) is 12.4 Å². The summed E-state index contributed by atoms with van der Waals surface area (Å²) in [6.45, 7) is 0. The average Bonchev–Trinajstić information content (AvgIpc) is 2.30. The number of hydrogen-bond donors (Lipinski definition) is 0. The Bertz CT molecular complexity index is 646. The summed E-state index contributed by atoms with van der Waals surface area (Å²) in [6, 6.07) is 8.97. The zero-order chi connectivity index (χ0) is 10.3. The second kappa shape index (κ2) is 2.88. The molecule has 0 amide bonds. The van der Waals surface area contributed by atoms with Crippen molar-refractivity contribution in [2.75, 3.05) is 0 Å². The normalized spacial score (nSPS) is 10.9. The second-order valence-electron chi connectivity index (χ2n) is 3.22. The molecule has 0 spiro atoms. The topological polar surface area (TPSA) is 47.3 Å². The van der Waals surface area contributed by atoms with E-state index in [0.717, 1.165) is 0 Å². The van der Waals surface area contributed by atoms with Gasteiger partial charge in [-0.2, -0.15) is 0 Å². The highest BCUT2D eigenvalue weighted by Crippen LogP contribution is 2.06. The summed E-state index contributed by atoms with van der Waals surface area (Å²) in [5.41, 5.74) is 0.602. The predicted molar refractivity (Wildman–Crippen MR) is 56.8 cm³/mol. The highest BCUT2D eigenvalue weighted by atomic mass is 16.1. The molecule has 3 rings (SSSR count). The van der Waals surface area contributed by atoms with Crippen molar-refractivity contribution in [3.63, 3.8) is 0 Å². The third kappa shape index (κ3) is 1.11. The molecule has 0 radical (unpaired) electrons. The van der Waals surface area contributed by atoms with Crippen LogP contribution < -0.4 is 5.56 Å². The number of aromatic nitrogens is 3. The van der Waals surface area contributed by atoms with E-state index in [0.29, 0.717) is 16.7 Å². The van der Waals surface area contributed by atoms with Crippen LogP contribution in [0.1, 0.15) is 0 Å². The van der Waals surface area contributed by atoms with E-state index in [2.05, 4.69) is 9.97 Å². The largest absolute Gasteiger partial charge is 0.268 e. The number of fused-ring (bicyclic) bond motifs is 2. The average molecular weight is 197 g/mol. The van der Waals surface area contributed by atoms with Gasteiger partial charge in [-0.25, -0.2) is 9.97 Å². The van der Waals surface area contributed by atoms with Gasteiger partial charge in [0.15, 0.2) is 0 Å². The maximum atomic E-state index is 12.0. The van der Waals surface area contributed by atoms with Crippen molar-refractivity contribution in [2.24, 2.45) is 0 Å². The Hall–Kier alpha value is -2.23. The molecule has 72 valence electrons. The molecule has 0 aliphatic heterocycles. The molecule has 2 heterocycles. The van der Waals surface area contributed by atoms with E-state index in [-0.39, 0.29) is 5.56 Å². The van der Waals surface area contributed by atoms with Crippen LogP contribution in [0.2, 0.25) is 0 Å². The monoisotopic (exact) mass is 197 g/mol. The third-order valence-electron chi connectivity index (χ3n) is 2.30. The van der Waals surface area contributed by atoms with Crippen molar-refractivity contribution < 1.29 is 0 Å². The van der Waals surface area contributed by atoms with E-state index < -0.39 is 0 Å². The van der Waals surface area contributed by atoms with E-state index in [4.69, 9.17) is 0 Å². The standard InChI is InChI=1S/C11H7N3O/c15-10-8-4-1-2-5-9(8)13-11-12-6-3-7-14(10)11/h1-7H. The second-order valence-corrected chi connectivity index (χ2v) is 3.22. The molecular weight excluding hydrogens is 190 g/mol. The van der Waals surface area contributed by atoms with Crippen LogP contribution in [0.3, 0.4) is 0 Å². The van der Waals surface area contributed by atoms with Crippen LogP contribution in [0.4, 0.5) is 0 Å². The predicted octanol–water partition coefficient (Wildman–Crippen LogP) is 1.24. The van der Waals surface area contributed by atoms with Gasteiger partial charge in [-0.15, -0.1) is 0 Å². The van der Waals surface area contributed by atoms with Gasteiger partial charge in [0.05, 0.1) is 10.9 Å². The summed E-state index contributed by atoms with van der Waals surface area (Å²) >= 11 is 0. The van der Waals surface area contributed by atoms with E-state index in [9.17, 15) is 4.79 Å². The maximum Gasteiger partial charge on any atom is 0.266 e. The molecule has 2 aromatic heterocycles. The Morgan fingerprint density at radius 2 is 2.00 bits per heavy atom. The van der Waals surface area contributed by atoms with Gasteiger partial charge < -0.3 is 0 Å². The number of benzene rings is 1. The zero-order valence-electron chi connectivity index (χ0n) is 7.79. The van der Waals surface area contributed by atoms with E-state index in [1.54, 1.807) is 24.5 Å². The summed E-state index contributed by atoms with van der Waals surface area (Å²) in [5.74, 6) is 0.432. The van der Waals surface area contributed by atoms with Crippen molar-refractivity contribution in [3.05, 3.63) is 53.1 Å². The lowest BCUT2D eigenvalue weighted by molar-refractivity contribution is 1.02. The summed E-state index contributed by atoms with van der Waals surface area (Å²) < 4.78 is 1.45. The van der Waals surface area contributed by atoms with Crippen molar-refractivity contribution in [1.82, 2.24) is 14.4 Å². The molecule has 0 N–H and O–H groups in total. The van der Waals surface area contributed by atoms with Gasteiger partial charge >= 0.3 is 0 Å². The first-order valence-electron chi connectivity index (χ1n) is 4.58. The molecule has 0 atom stereocenters. The highest BCUT2D eigenvalue weighted by molar-refractivity contribution is 5.78. The van der Waals surface area contributed by atoms with Crippen LogP contribution in [-0.2, 0) is 0 Å². The fourth-order valence-corrected chi connectivity index (χ4v) is 1.59. The molecule has 0 unspecified atom stereocenters. The lowest BCUT2D eigenvalue weighted by Crippen LogP contribution is -2.15. The Morgan fingerprint density at radius 3 is 2.93 bits per heavy atom. The molecule has 0 saturated heterocycles. The van der Waals surface area contributed by atoms with Gasteiger partial charge in [0.2, 0.25) is 5.78 Å². The Balaban J connectivity index is 2.66. The number of rotatable bonds is 0. The first kappa shape index (κ1) is 8.11. The van der Waals surface area contributed by atoms with Crippen molar-refractivity contribution >= 4 is 16.7 Å². The summed E-state index contributed by atoms with van der Waals surface area (Å²) in [6.07, 6.45) is 3.29. The van der Waals surface area contributed by atoms with Crippen LogP contribution in [0.15, 0.2) is 47.5 Å². The highest BCUT2D eigenvalue weighted by Gasteiger charge is 2.03. The molecule has 0 aliphatic carbocycles. The van der Waals surface area contributed by atoms with Gasteiger partial charge in [-0.3, -0.25) is 9.20 Å². The van der Waals surface area contributed by atoms with Crippen LogP contribution in [0, 0.1) is 0 Å². The van der Waals surface area contributed by atoms with Crippen LogP contribution in [0.25, 0.3) is 16.7 Å². The quantitative estimate of drug-likeness (QED) is 0.509. The fourth-order valence-electron chi connectivity index (χ4n) is 1.59. The molecule has 3 aromatic rings. The first-order chi connectivity index (χ1) is 7.36. The van der Waals surface area contributed by atoms with E-state index in [1.165, 1.54) is 4.40 Å². The Labute approximate surface area is 84.8 Å². The molecule has 1 aromatic carbocycles. The summed E-state index contributed by atoms with van der Waals surface area (Å²) in [7, 11) is 0. The molecule has 0 fully saturated rings. The Kier molecular flexibility index (Phi) is 1.56. The van der Waals surface area contributed by atoms with E-state index >= 15 is 0 Å². The molecule has 0 aliphatic rings. The molecular formula is C11H7N3O. The lowest BCUT2D eigenvalue weighted by Gasteiger charge is -2.00. The third-order valence-corrected chi connectivity index (χ3v) is 2.30. The molecule has 4 nitrogen and oxygen atoms in total. The van der Waals surface area contributed by atoms with Gasteiger partial charge in [-0.05, 0) is 18.2 Å². The van der Waals surface area contributed by atoms with Crippen LogP contribution in [-0.4, -0.2) is 14.4 Å². The van der Waals surface area contributed by atoms with Crippen molar-refractivity contribution in [2.45, 2.75) is 0 Å². The van der Waals surface area contributed by atoms with Crippen molar-refractivity contribution in [3.8, 4) is 0 Å². The lowest BCUT2D eigenvalue weighted by atomic mass is 10.2. The SMILES string of the molecule is O=c1c2ccccc2nc2ncccn12.